The lowest BCUT2D eigenvalue weighted by atomic mass is 9.42. The maximum absolute atomic E-state index is 13.5. The van der Waals surface area contributed by atoms with Crippen molar-refractivity contribution in [3.8, 4) is 0 Å². The van der Waals surface area contributed by atoms with Gasteiger partial charge in [0.1, 0.15) is 0 Å². The van der Waals surface area contributed by atoms with Crippen molar-refractivity contribution in [2.45, 2.75) is 31.7 Å². The highest BCUT2D eigenvalue weighted by atomic mass is 16.6. The highest BCUT2D eigenvalue weighted by Crippen LogP contribution is 2.98. The number of methoxy groups -OCH3 is 1. The lowest BCUT2D eigenvalue weighted by molar-refractivity contribution is -0.325. The summed E-state index contributed by atoms with van der Waals surface area (Å²) in [5.74, 6) is 5.55. The lowest BCUT2D eigenvalue weighted by Gasteiger charge is -2.63. The van der Waals surface area contributed by atoms with Crippen LogP contribution in [0.1, 0.15) is 19.3 Å². The smallest absolute Gasteiger partial charge is 0.313 e. The molecular weight excluding hydrogens is 316 g/mol. The van der Waals surface area contributed by atoms with E-state index >= 15 is 0 Å². The van der Waals surface area contributed by atoms with Crippen LogP contribution in [0.2, 0.25) is 0 Å². The molecule has 7 saturated carbocycles. The third kappa shape index (κ3) is 0.867. The van der Waals surface area contributed by atoms with Crippen molar-refractivity contribution in [1.82, 2.24) is 0 Å². The Kier molecular flexibility index (Phi) is 1.85. The van der Waals surface area contributed by atoms with Crippen LogP contribution in [0.5, 0.6) is 0 Å². The Balaban J connectivity index is 1.48. The van der Waals surface area contributed by atoms with Gasteiger partial charge >= 0.3 is 5.97 Å². The second-order valence-electron chi connectivity index (χ2n) is 10.3. The minimum atomic E-state index is -0.758. The first kappa shape index (κ1) is 13.3. The van der Waals surface area contributed by atoms with Gasteiger partial charge in [-0.05, 0) is 78.4 Å². The molecule has 25 heavy (non-hydrogen) atoms. The molecule has 8 bridgehead atoms. The summed E-state index contributed by atoms with van der Waals surface area (Å²) in [7, 11) is 1.56. The summed E-state index contributed by atoms with van der Waals surface area (Å²) < 4.78 is 11.8. The van der Waals surface area contributed by atoms with E-state index in [2.05, 4.69) is 12.2 Å². The van der Waals surface area contributed by atoms with Gasteiger partial charge in [-0.3, -0.25) is 4.79 Å². The molecule has 1 saturated heterocycles. The Hall–Kier alpha value is -0.870. The summed E-state index contributed by atoms with van der Waals surface area (Å²) in [5, 5.41) is 11.4. The Morgan fingerprint density at radius 3 is 2.80 bits per heavy atom. The van der Waals surface area contributed by atoms with Crippen molar-refractivity contribution in [3.05, 3.63) is 12.2 Å². The molecular formula is C21H24O4. The fraction of sp³-hybridized carbons (Fsp3) is 0.857. The SMILES string of the molecule is COC(=O)[C@@]12[C@@H]3[C@@H]4CC[C@@H]5O[C@H](O)[C@@]16[C@@H]([C@@H]45)[C@H]3[C@H]1[C@@H]2[C@@H]2C=CC[C@@H]2[C@@H]16. The number of esters is 1. The second-order valence-corrected chi connectivity index (χ2v) is 10.3. The number of hydrogen-bond acceptors (Lipinski definition) is 4. The maximum atomic E-state index is 13.5. The molecule has 0 unspecified atom stereocenters. The van der Waals surface area contributed by atoms with Crippen LogP contribution in [-0.2, 0) is 14.3 Å². The van der Waals surface area contributed by atoms with Gasteiger partial charge in [-0.15, -0.1) is 0 Å². The summed E-state index contributed by atoms with van der Waals surface area (Å²) in [5.41, 5.74) is -0.794. The van der Waals surface area contributed by atoms with Crippen molar-refractivity contribution in [1.29, 1.82) is 0 Å². The van der Waals surface area contributed by atoms with Crippen molar-refractivity contribution in [2.24, 2.45) is 70.0 Å². The Bertz CT molecular complexity index is 772. The molecule has 0 radical (unpaired) electrons. The Morgan fingerprint density at radius 1 is 1.12 bits per heavy atom. The van der Waals surface area contributed by atoms with Crippen LogP contribution in [0.15, 0.2) is 12.2 Å². The van der Waals surface area contributed by atoms with Gasteiger partial charge in [0.15, 0.2) is 6.29 Å². The molecule has 132 valence electrons. The first-order valence-corrected chi connectivity index (χ1v) is 10.3. The van der Waals surface area contributed by atoms with Crippen LogP contribution in [0.4, 0.5) is 0 Å². The largest absolute Gasteiger partial charge is 0.469 e. The highest BCUT2D eigenvalue weighted by Gasteiger charge is 3.01. The molecule has 0 amide bonds. The number of aliphatic hydroxyl groups is 1. The van der Waals surface area contributed by atoms with Gasteiger partial charge in [0.25, 0.3) is 0 Å². The monoisotopic (exact) mass is 340 g/mol. The topological polar surface area (TPSA) is 55.8 Å². The molecule has 4 heteroatoms. The first-order valence-electron chi connectivity index (χ1n) is 10.3. The van der Waals surface area contributed by atoms with Gasteiger partial charge in [0.2, 0.25) is 0 Å². The van der Waals surface area contributed by atoms with Crippen LogP contribution in [0.3, 0.4) is 0 Å². The summed E-state index contributed by atoms with van der Waals surface area (Å²) in [6, 6.07) is 0. The van der Waals surface area contributed by atoms with E-state index in [4.69, 9.17) is 9.47 Å². The van der Waals surface area contributed by atoms with E-state index in [1.165, 1.54) is 6.42 Å². The van der Waals surface area contributed by atoms with E-state index in [1.54, 1.807) is 7.11 Å². The van der Waals surface area contributed by atoms with E-state index < -0.39 is 11.7 Å². The van der Waals surface area contributed by atoms with Crippen molar-refractivity contribution in [2.75, 3.05) is 7.11 Å². The summed E-state index contributed by atoms with van der Waals surface area (Å²) in [6.07, 6.45) is 7.61. The molecule has 14 atom stereocenters. The van der Waals surface area contributed by atoms with Crippen molar-refractivity contribution < 1.29 is 19.4 Å². The third-order valence-electron chi connectivity index (χ3n) is 10.9. The number of hydrogen-bond donors (Lipinski definition) is 1. The van der Waals surface area contributed by atoms with Gasteiger partial charge in [-0.1, -0.05) is 12.2 Å². The lowest BCUT2D eigenvalue weighted by Crippen LogP contribution is -2.69. The number of aliphatic hydroxyl groups excluding tert-OH is 1. The van der Waals surface area contributed by atoms with Gasteiger partial charge in [0, 0.05) is 5.41 Å². The van der Waals surface area contributed by atoms with Gasteiger partial charge in [0.05, 0.1) is 18.6 Å². The van der Waals surface area contributed by atoms with E-state index in [1.807, 2.05) is 0 Å². The molecule has 4 nitrogen and oxygen atoms in total. The first-order chi connectivity index (χ1) is 12.2. The van der Waals surface area contributed by atoms with Crippen LogP contribution >= 0.6 is 0 Å². The second kappa shape index (κ2) is 3.47. The van der Waals surface area contributed by atoms with Gasteiger partial charge in [-0.25, -0.2) is 0 Å². The van der Waals surface area contributed by atoms with Gasteiger partial charge in [-0.2, -0.15) is 0 Å². The minimum Gasteiger partial charge on any atom is -0.469 e. The number of rotatable bonds is 1. The van der Waals surface area contributed by atoms with E-state index in [-0.39, 0.29) is 17.5 Å². The predicted octanol–water partition coefficient (Wildman–Crippen LogP) is 1.83. The zero-order valence-corrected chi connectivity index (χ0v) is 14.4. The van der Waals surface area contributed by atoms with Crippen LogP contribution in [-0.4, -0.2) is 30.6 Å². The quantitative estimate of drug-likeness (QED) is 0.584. The molecule has 8 aliphatic carbocycles. The number of carbonyl (C=O) groups excluding carboxylic acids is 1. The average Bonchev–Trinajstić information content (AvgIpc) is 3.36. The van der Waals surface area contributed by atoms with Crippen molar-refractivity contribution >= 4 is 5.97 Å². The Morgan fingerprint density at radius 2 is 1.96 bits per heavy atom. The highest BCUT2D eigenvalue weighted by molar-refractivity contribution is 5.84. The molecule has 1 aliphatic heterocycles. The van der Waals surface area contributed by atoms with Crippen molar-refractivity contribution in [3.63, 3.8) is 0 Å². The molecule has 1 heterocycles. The number of allylic oxidation sites excluding steroid dienone is 2. The zero-order valence-electron chi connectivity index (χ0n) is 14.4. The van der Waals surface area contributed by atoms with E-state index in [0.29, 0.717) is 59.2 Å². The molecule has 1 spiro atoms. The third-order valence-corrected chi connectivity index (χ3v) is 10.9. The molecule has 9 rings (SSSR count). The number of fused-ring (bicyclic) bond motifs is 1. The normalized spacial score (nSPS) is 73.7. The van der Waals surface area contributed by atoms with E-state index in [9.17, 15) is 9.90 Å². The average molecular weight is 340 g/mol. The zero-order chi connectivity index (χ0) is 16.5. The maximum Gasteiger partial charge on any atom is 0.313 e. The summed E-state index contributed by atoms with van der Waals surface area (Å²) in [6.45, 7) is 0. The number of ether oxygens (including phenoxy) is 2. The Labute approximate surface area is 146 Å². The van der Waals surface area contributed by atoms with E-state index in [0.717, 1.165) is 12.8 Å². The van der Waals surface area contributed by atoms with Crippen LogP contribution in [0, 0.1) is 70.0 Å². The molecule has 1 N–H and O–H groups in total. The molecule has 8 fully saturated rings. The predicted molar refractivity (Wildman–Crippen MR) is 85.7 cm³/mol. The molecule has 9 aliphatic rings. The fourth-order valence-electron chi connectivity index (χ4n) is 11.6. The number of carbonyl (C=O) groups is 1. The van der Waals surface area contributed by atoms with Crippen LogP contribution < -0.4 is 0 Å². The summed E-state index contributed by atoms with van der Waals surface area (Å²) >= 11 is 0. The minimum absolute atomic E-state index is 0.00907. The fourth-order valence-corrected chi connectivity index (χ4v) is 11.6. The van der Waals surface area contributed by atoms with Gasteiger partial charge < -0.3 is 14.6 Å². The summed E-state index contributed by atoms with van der Waals surface area (Å²) in [4.78, 5) is 13.5. The molecule has 0 aromatic heterocycles. The molecule has 0 aromatic carbocycles. The van der Waals surface area contributed by atoms with Crippen LogP contribution in [0.25, 0.3) is 0 Å². The molecule has 0 aromatic rings. The standard InChI is InChI=1S/C21H24O4/c1-24-18(22)20-14-7-3-2-4-8(7)15-12(14)13-16(20)9-5-6-10-11(9)17(13)21(15,20)19(23)25-10/h2-3,7-17,19,23H,4-6H2,1H3/t7-,8+,9-,10+,11+,12+,13+,14+,15+,16-,17+,19+,20-,21-/m1/s1.